The molecule has 3 N–H and O–H groups in total. The SMILES string of the molecule is CSC(C)CNS(=O)(=O)c1nnc(N)s1. The number of nitrogens with two attached hydrogens (primary N) is 1. The standard InChI is InChI=1S/C6H12N4O2S3/c1-4(13-2)3-8-15(11,12)6-10-9-5(7)14-6/h4,8H,3H2,1-2H3,(H2,7,9). The number of sulfonamides is 1. The van der Waals surface area contributed by atoms with Crippen molar-refractivity contribution in [1.29, 1.82) is 0 Å². The first kappa shape index (κ1) is 12.7. The van der Waals surface area contributed by atoms with Crippen LogP contribution in [-0.4, -0.2) is 36.7 Å². The molecule has 1 heterocycles. The molecule has 0 amide bonds. The lowest BCUT2D eigenvalue weighted by Crippen LogP contribution is -2.29. The maximum Gasteiger partial charge on any atom is 0.269 e. The quantitative estimate of drug-likeness (QED) is 0.789. The van der Waals surface area contributed by atoms with Gasteiger partial charge in [0.25, 0.3) is 10.0 Å². The monoisotopic (exact) mass is 268 g/mol. The number of hydrogen-bond donors (Lipinski definition) is 2. The fourth-order valence-electron chi connectivity index (χ4n) is 0.701. The average Bonchev–Trinajstić information content (AvgIpc) is 2.62. The van der Waals surface area contributed by atoms with E-state index in [0.29, 0.717) is 6.54 Å². The highest BCUT2D eigenvalue weighted by Gasteiger charge is 2.19. The third-order valence-corrected chi connectivity index (χ3v) is 5.13. The van der Waals surface area contributed by atoms with Gasteiger partial charge in [-0.05, 0) is 6.26 Å². The molecule has 0 saturated carbocycles. The molecule has 0 bridgehead atoms. The van der Waals surface area contributed by atoms with E-state index in [2.05, 4.69) is 14.9 Å². The van der Waals surface area contributed by atoms with Crippen LogP contribution in [0.4, 0.5) is 5.13 Å². The van der Waals surface area contributed by atoms with Crippen molar-refractivity contribution >= 4 is 38.3 Å². The minimum atomic E-state index is -3.54. The highest BCUT2D eigenvalue weighted by atomic mass is 32.2. The second kappa shape index (κ2) is 5.10. The Bertz CT molecular complexity index is 416. The van der Waals surface area contributed by atoms with Crippen molar-refractivity contribution in [3.05, 3.63) is 0 Å². The summed E-state index contributed by atoms with van der Waals surface area (Å²) in [6.07, 6.45) is 1.92. The van der Waals surface area contributed by atoms with Gasteiger partial charge in [-0.2, -0.15) is 11.8 Å². The summed E-state index contributed by atoms with van der Waals surface area (Å²) in [6.45, 7) is 2.30. The molecule has 0 aromatic carbocycles. The van der Waals surface area contributed by atoms with Crippen molar-refractivity contribution in [2.45, 2.75) is 16.5 Å². The number of aromatic nitrogens is 2. The molecule has 0 aliphatic heterocycles. The van der Waals surface area contributed by atoms with Crippen molar-refractivity contribution in [1.82, 2.24) is 14.9 Å². The first-order chi connectivity index (χ1) is 6.95. The molecule has 0 spiro atoms. The minimum absolute atomic E-state index is 0.0895. The fraction of sp³-hybridized carbons (Fsp3) is 0.667. The predicted octanol–water partition coefficient (Wildman–Crippen LogP) is 0.150. The summed E-state index contributed by atoms with van der Waals surface area (Å²) in [5, 5.41) is 7.29. The van der Waals surface area contributed by atoms with Crippen LogP contribution in [0.3, 0.4) is 0 Å². The topological polar surface area (TPSA) is 98.0 Å². The lowest BCUT2D eigenvalue weighted by Gasteiger charge is -2.08. The second-order valence-electron chi connectivity index (χ2n) is 2.80. The zero-order valence-corrected chi connectivity index (χ0v) is 10.7. The van der Waals surface area contributed by atoms with Crippen molar-refractivity contribution in [2.24, 2.45) is 0 Å². The van der Waals surface area contributed by atoms with Gasteiger partial charge in [0.15, 0.2) is 0 Å². The molecule has 15 heavy (non-hydrogen) atoms. The Balaban J connectivity index is 2.68. The maximum atomic E-state index is 11.6. The van der Waals surface area contributed by atoms with Gasteiger partial charge in [0.1, 0.15) is 0 Å². The van der Waals surface area contributed by atoms with Gasteiger partial charge in [-0.3, -0.25) is 0 Å². The molecule has 1 atom stereocenters. The first-order valence-corrected chi connectivity index (χ1v) is 7.66. The van der Waals surface area contributed by atoms with Crippen LogP contribution in [0.1, 0.15) is 6.92 Å². The summed E-state index contributed by atoms with van der Waals surface area (Å²) in [5.74, 6) is 0. The van der Waals surface area contributed by atoms with E-state index < -0.39 is 10.0 Å². The van der Waals surface area contributed by atoms with Gasteiger partial charge in [-0.1, -0.05) is 18.3 Å². The Morgan fingerprint density at radius 1 is 1.60 bits per heavy atom. The molecular weight excluding hydrogens is 256 g/mol. The molecule has 0 saturated heterocycles. The molecule has 0 fully saturated rings. The summed E-state index contributed by atoms with van der Waals surface area (Å²) in [6, 6.07) is 0. The predicted molar refractivity (Wildman–Crippen MR) is 62.5 cm³/mol. The zero-order chi connectivity index (χ0) is 11.5. The maximum absolute atomic E-state index is 11.6. The minimum Gasteiger partial charge on any atom is -0.374 e. The van der Waals surface area contributed by atoms with Crippen molar-refractivity contribution in [3.8, 4) is 0 Å². The molecular formula is C6H12N4O2S3. The second-order valence-corrected chi connectivity index (χ2v) is 7.03. The van der Waals surface area contributed by atoms with Crippen LogP contribution in [0, 0.1) is 0 Å². The van der Waals surface area contributed by atoms with Crippen molar-refractivity contribution in [3.63, 3.8) is 0 Å². The highest BCUT2D eigenvalue weighted by Crippen LogP contribution is 2.16. The Kier molecular flexibility index (Phi) is 4.32. The normalized spacial score (nSPS) is 14.0. The number of hydrogen-bond acceptors (Lipinski definition) is 7. The van der Waals surface area contributed by atoms with Crippen LogP contribution >= 0.6 is 23.1 Å². The van der Waals surface area contributed by atoms with Gasteiger partial charge in [-0.15, -0.1) is 10.2 Å². The molecule has 1 rings (SSSR count). The van der Waals surface area contributed by atoms with Gasteiger partial charge in [0.2, 0.25) is 9.47 Å². The van der Waals surface area contributed by atoms with Crippen LogP contribution in [0.25, 0.3) is 0 Å². The van der Waals surface area contributed by atoms with Gasteiger partial charge in [0.05, 0.1) is 0 Å². The Labute approximate surface area is 96.7 Å². The smallest absolute Gasteiger partial charge is 0.269 e. The summed E-state index contributed by atoms with van der Waals surface area (Å²) in [5.41, 5.74) is 5.31. The van der Waals surface area contributed by atoms with E-state index in [1.807, 2.05) is 13.2 Å². The Morgan fingerprint density at radius 3 is 2.73 bits per heavy atom. The zero-order valence-electron chi connectivity index (χ0n) is 8.30. The first-order valence-electron chi connectivity index (χ1n) is 4.07. The van der Waals surface area contributed by atoms with Gasteiger partial charge >= 0.3 is 0 Å². The number of nitrogens with one attached hydrogen (secondary N) is 1. The third-order valence-electron chi connectivity index (χ3n) is 1.62. The number of nitrogens with zero attached hydrogens (tertiary/aromatic N) is 2. The summed E-state index contributed by atoms with van der Waals surface area (Å²) < 4.78 is 25.5. The Hall–Kier alpha value is -0.380. The Morgan fingerprint density at radius 2 is 2.27 bits per heavy atom. The van der Waals surface area contributed by atoms with Gasteiger partial charge in [0, 0.05) is 11.8 Å². The van der Waals surface area contributed by atoms with E-state index in [-0.39, 0.29) is 14.7 Å². The van der Waals surface area contributed by atoms with E-state index in [0.717, 1.165) is 11.3 Å². The molecule has 0 radical (unpaired) electrons. The van der Waals surface area contributed by atoms with Crippen LogP contribution in [-0.2, 0) is 10.0 Å². The van der Waals surface area contributed by atoms with Crippen LogP contribution in [0.5, 0.6) is 0 Å². The molecule has 0 aliphatic carbocycles. The summed E-state index contributed by atoms with van der Waals surface area (Å²) in [7, 11) is -3.54. The lowest BCUT2D eigenvalue weighted by molar-refractivity contribution is 0.579. The summed E-state index contributed by atoms with van der Waals surface area (Å²) in [4.78, 5) is 0. The molecule has 1 aromatic heterocycles. The fourth-order valence-corrected chi connectivity index (χ4v) is 3.01. The lowest BCUT2D eigenvalue weighted by atomic mass is 10.5. The molecule has 86 valence electrons. The largest absolute Gasteiger partial charge is 0.374 e. The van der Waals surface area contributed by atoms with E-state index in [1.165, 1.54) is 0 Å². The van der Waals surface area contributed by atoms with Crippen molar-refractivity contribution < 1.29 is 8.42 Å². The number of rotatable bonds is 5. The van der Waals surface area contributed by atoms with E-state index in [1.54, 1.807) is 11.8 Å². The van der Waals surface area contributed by atoms with Crippen LogP contribution in [0.15, 0.2) is 4.34 Å². The summed E-state index contributed by atoms with van der Waals surface area (Å²) >= 11 is 2.43. The molecule has 1 aromatic rings. The van der Waals surface area contributed by atoms with Crippen LogP contribution < -0.4 is 10.5 Å². The molecule has 9 heteroatoms. The number of thioether (sulfide) groups is 1. The average molecular weight is 268 g/mol. The highest BCUT2D eigenvalue weighted by molar-refractivity contribution is 7.99. The molecule has 0 aliphatic rings. The number of nitrogen functional groups attached to an aromatic ring is 1. The van der Waals surface area contributed by atoms with Gasteiger partial charge in [-0.25, -0.2) is 13.1 Å². The van der Waals surface area contributed by atoms with E-state index >= 15 is 0 Å². The third kappa shape index (κ3) is 3.59. The van der Waals surface area contributed by atoms with Crippen molar-refractivity contribution in [2.75, 3.05) is 18.5 Å². The molecule has 1 unspecified atom stereocenters. The molecule has 6 nitrogen and oxygen atoms in total. The van der Waals surface area contributed by atoms with E-state index in [4.69, 9.17) is 5.73 Å². The van der Waals surface area contributed by atoms with Gasteiger partial charge < -0.3 is 5.73 Å². The number of anilines is 1. The van der Waals surface area contributed by atoms with E-state index in [9.17, 15) is 8.42 Å². The van der Waals surface area contributed by atoms with Crippen LogP contribution in [0.2, 0.25) is 0 Å².